The Morgan fingerprint density at radius 2 is 1.35 bits per heavy atom. The SMILES string of the molecule is CC(C)(C)c1ccnc(-n2c3c4c5c(cc(Oc6[c-]c(N7[CH-]N(c8c(-c9ccccc9)cccc8-c8ccccc8)c8ccccc87)ccc6)[c-]c52)P(C(C)(C)C)C4CC=C3)c1.[Pt]. The first-order valence-electron chi connectivity index (χ1n) is 21.6. The largest absolute Gasteiger partial charge is 0.509 e. The smallest absolute Gasteiger partial charge is 0.135 e. The minimum atomic E-state index is -0.543. The fraction of sp³-hybridized carbons (Fsp3) is 0.179. The number of allylic oxidation sites excluding steroid dienone is 1. The van der Waals surface area contributed by atoms with E-state index >= 15 is 0 Å². The van der Waals surface area contributed by atoms with Gasteiger partial charge in [-0.2, -0.15) is 6.07 Å². The third-order valence-corrected chi connectivity index (χ3v) is 15.8. The van der Waals surface area contributed by atoms with Crippen LogP contribution < -0.4 is 19.8 Å². The molecule has 11 rings (SSSR count). The van der Waals surface area contributed by atoms with Gasteiger partial charge in [0.25, 0.3) is 0 Å². The van der Waals surface area contributed by atoms with E-state index in [2.05, 4.69) is 220 Å². The molecule has 316 valence electrons. The molecule has 2 aliphatic heterocycles. The molecular formula is C56H48N4OPPt-3. The number of hydrogen-bond acceptors (Lipinski definition) is 4. The molecule has 5 nitrogen and oxygen atoms in total. The van der Waals surface area contributed by atoms with Crippen LogP contribution in [0.5, 0.6) is 11.5 Å². The summed E-state index contributed by atoms with van der Waals surface area (Å²) >= 11 is 0. The van der Waals surface area contributed by atoms with Crippen LogP contribution in [0, 0.1) is 18.8 Å². The van der Waals surface area contributed by atoms with E-state index in [0.29, 0.717) is 17.2 Å². The molecule has 0 fully saturated rings. The molecule has 2 aromatic heterocycles. The number of para-hydroxylation sites is 3. The van der Waals surface area contributed by atoms with Gasteiger partial charge in [-0.15, -0.1) is 48.0 Å². The number of anilines is 4. The molecule has 2 unspecified atom stereocenters. The molecule has 0 radical (unpaired) electrons. The van der Waals surface area contributed by atoms with Crippen LogP contribution in [-0.4, -0.2) is 14.7 Å². The van der Waals surface area contributed by atoms with E-state index in [1.165, 1.54) is 27.5 Å². The summed E-state index contributed by atoms with van der Waals surface area (Å²) in [4.78, 5) is 9.54. The van der Waals surface area contributed by atoms with Crippen LogP contribution >= 0.6 is 7.92 Å². The number of pyridine rings is 1. The van der Waals surface area contributed by atoms with Crippen molar-refractivity contribution in [3.05, 3.63) is 187 Å². The molecule has 1 aliphatic carbocycles. The zero-order valence-electron chi connectivity index (χ0n) is 36.3. The average Bonchev–Trinajstić information content (AvgIpc) is 3.95. The molecule has 0 N–H and O–H groups in total. The number of fused-ring (bicyclic) bond motifs is 1. The molecule has 63 heavy (non-hydrogen) atoms. The minimum Gasteiger partial charge on any atom is -0.509 e. The Labute approximate surface area is 387 Å². The maximum absolute atomic E-state index is 6.93. The van der Waals surface area contributed by atoms with E-state index in [1.54, 1.807) is 0 Å². The fourth-order valence-electron chi connectivity index (χ4n) is 9.73. The van der Waals surface area contributed by atoms with Gasteiger partial charge in [0.15, 0.2) is 0 Å². The van der Waals surface area contributed by atoms with E-state index in [4.69, 9.17) is 9.72 Å². The number of hydrogen-bond donors (Lipinski definition) is 0. The van der Waals surface area contributed by atoms with Gasteiger partial charge in [-0.1, -0.05) is 163 Å². The molecule has 0 saturated carbocycles. The molecule has 0 amide bonds. The standard InChI is InChI=1S/C56H48N4OP.Pt/c1-55(2,3)39-30-31-57-51(32-39)60-47-28-17-29-49-52(47)53-48(60)34-42(35-50(53)62(49)56(4,5)6)61-41-23-15-22-40(33-41)58-36-59(46-27-14-13-26-45(46)58)54-43(37-18-9-7-10-19-37)24-16-25-44(54)38-20-11-8-12-21-38;/h7-28,30-32,35-36,49H,29H2,1-6H3;/q-3;. The van der Waals surface area contributed by atoms with Crippen LogP contribution in [0.4, 0.5) is 22.7 Å². The first-order chi connectivity index (χ1) is 30.0. The number of ether oxygens (including phenoxy) is 1. The topological polar surface area (TPSA) is 33.5 Å². The summed E-state index contributed by atoms with van der Waals surface area (Å²) in [6.07, 6.45) is 7.67. The van der Waals surface area contributed by atoms with Crippen molar-refractivity contribution in [2.45, 2.75) is 64.2 Å². The first-order valence-corrected chi connectivity index (χ1v) is 23.0. The summed E-state index contributed by atoms with van der Waals surface area (Å²) in [5.74, 6) is 2.25. The van der Waals surface area contributed by atoms with E-state index in [0.717, 1.165) is 62.8 Å². The molecule has 0 spiro atoms. The van der Waals surface area contributed by atoms with Gasteiger partial charge in [0.2, 0.25) is 0 Å². The van der Waals surface area contributed by atoms with Crippen LogP contribution in [0.1, 0.15) is 70.4 Å². The minimum absolute atomic E-state index is 0. The van der Waals surface area contributed by atoms with Crippen molar-refractivity contribution in [3.8, 4) is 39.6 Å². The zero-order chi connectivity index (χ0) is 42.3. The maximum Gasteiger partial charge on any atom is 0.135 e. The van der Waals surface area contributed by atoms with Gasteiger partial charge in [-0.25, -0.2) is 4.98 Å². The Morgan fingerprint density at radius 1 is 0.698 bits per heavy atom. The van der Waals surface area contributed by atoms with Crippen LogP contribution in [-0.2, 0) is 26.5 Å². The van der Waals surface area contributed by atoms with E-state index < -0.39 is 7.92 Å². The normalized spacial score (nSPS) is 16.3. The van der Waals surface area contributed by atoms with Gasteiger partial charge in [0.05, 0.1) is 0 Å². The zero-order valence-corrected chi connectivity index (χ0v) is 39.5. The molecule has 7 heteroatoms. The first kappa shape index (κ1) is 41.3. The summed E-state index contributed by atoms with van der Waals surface area (Å²) in [5, 5.41) is 2.83. The van der Waals surface area contributed by atoms with Crippen LogP contribution in [0.3, 0.4) is 0 Å². The Kier molecular flexibility index (Phi) is 10.4. The van der Waals surface area contributed by atoms with E-state index in [1.807, 2.05) is 12.3 Å². The van der Waals surface area contributed by atoms with Gasteiger partial charge in [0.1, 0.15) is 5.82 Å². The second-order valence-electron chi connectivity index (χ2n) is 18.5. The van der Waals surface area contributed by atoms with Crippen molar-refractivity contribution in [2.75, 3.05) is 9.80 Å². The molecule has 0 saturated heterocycles. The summed E-state index contributed by atoms with van der Waals surface area (Å²) in [6, 6.07) is 56.9. The Bertz CT molecular complexity index is 3000. The number of aromatic nitrogens is 2. The van der Waals surface area contributed by atoms with Crippen molar-refractivity contribution >= 4 is 53.0 Å². The molecule has 0 bridgehead atoms. The van der Waals surface area contributed by atoms with Crippen molar-refractivity contribution in [1.82, 2.24) is 9.55 Å². The molecule has 3 aliphatic rings. The predicted molar refractivity (Wildman–Crippen MR) is 259 cm³/mol. The number of rotatable bonds is 7. The van der Waals surface area contributed by atoms with Crippen molar-refractivity contribution in [3.63, 3.8) is 0 Å². The second-order valence-corrected chi connectivity index (χ2v) is 21.7. The fourth-order valence-corrected chi connectivity index (χ4v) is 13.3. The van der Waals surface area contributed by atoms with Crippen molar-refractivity contribution < 1.29 is 25.8 Å². The quantitative estimate of drug-likeness (QED) is 0.118. The van der Waals surface area contributed by atoms with Crippen molar-refractivity contribution in [2.24, 2.45) is 0 Å². The van der Waals surface area contributed by atoms with E-state index in [-0.39, 0.29) is 31.6 Å². The van der Waals surface area contributed by atoms with Crippen LogP contribution in [0.25, 0.3) is 45.1 Å². The van der Waals surface area contributed by atoms with Gasteiger partial charge in [0, 0.05) is 78.3 Å². The Morgan fingerprint density at radius 3 is 2.02 bits per heavy atom. The molecular weight excluding hydrogens is 971 g/mol. The summed E-state index contributed by atoms with van der Waals surface area (Å²) < 4.78 is 9.25. The predicted octanol–water partition coefficient (Wildman–Crippen LogP) is 14.8. The summed E-state index contributed by atoms with van der Waals surface area (Å²) in [6.45, 7) is 16.2. The summed E-state index contributed by atoms with van der Waals surface area (Å²) in [5.41, 5.74) is 14.2. The van der Waals surface area contributed by atoms with Crippen molar-refractivity contribution in [1.29, 1.82) is 0 Å². The average molecular weight is 1020 g/mol. The van der Waals surface area contributed by atoms with Gasteiger partial charge in [-0.05, 0) is 64.0 Å². The second kappa shape index (κ2) is 15.8. The third kappa shape index (κ3) is 7.05. The monoisotopic (exact) mass is 1020 g/mol. The molecule has 6 aromatic carbocycles. The van der Waals surface area contributed by atoms with Crippen LogP contribution in [0.2, 0.25) is 0 Å². The molecule has 8 aromatic rings. The maximum atomic E-state index is 6.93. The van der Waals surface area contributed by atoms with Gasteiger partial charge >= 0.3 is 0 Å². The Hall–Kier alpha value is -5.73. The molecule has 4 heterocycles. The molecule has 2 atom stereocenters. The summed E-state index contributed by atoms with van der Waals surface area (Å²) in [7, 11) is -0.543. The number of nitrogens with zero attached hydrogens (tertiary/aromatic N) is 4. The van der Waals surface area contributed by atoms with Crippen LogP contribution in [0.15, 0.2) is 152 Å². The van der Waals surface area contributed by atoms with Gasteiger partial charge in [-0.3, -0.25) is 0 Å². The Balaban J connectivity index is 0.00000471. The van der Waals surface area contributed by atoms with E-state index in [9.17, 15) is 0 Å². The van der Waals surface area contributed by atoms with Gasteiger partial charge < -0.3 is 19.1 Å². The number of benzene rings is 6. The third-order valence-electron chi connectivity index (χ3n) is 12.4.